The van der Waals surface area contributed by atoms with Crippen LogP contribution in [0.2, 0.25) is 0 Å². The quantitative estimate of drug-likeness (QED) is 0.809. The lowest BCUT2D eigenvalue weighted by Crippen LogP contribution is -2.41. The van der Waals surface area contributed by atoms with Crippen molar-refractivity contribution < 1.29 is 14.7 Å². The summed E-state index contributed by atoms with van der Waals surface area (Å²) in [5.41, 5.74) is 1.44. The van der Waals surface area contributed by atoms with Gasteiger partial charge in [0.25, 0.3) is 5.91 Å². The molecule has 0 fully saturated rings. The van der Waals surface area contributed by atoms with Crippen molar-refractivity contribution in [1.82, 2.24) is 9.88 Å². The molecule has 1 heterocycles. The Morgan fingerprint density at radius 1 is 1.44 bits per heavy atom. The molecule has 1 aromatic heterocycles. The number of aromatic nitrogens is 1. The lowest BCUT2D eigenvalue weighted by atomic mass is 10.1. The SMILES string of the molecule is CCCC[C@H](NC(=O)c1ccc(C)n1C)C(=O)O. The number of aryl methyl sites for hydroxylation is 1. The van der Waals surface area contributed by atoms with Crippen LogP contribution in [0.3, 0.4) is 0 Å². The first kappa shape index (κ1) is 14.3. The van der Waals surface area contributed by atoms with Crippen LogP contribution in [0.15, 0.2) is 12.1 Å². The highest BCUT2D eigenvalue weighted by Crippen LogP contribution is 2.07. The van der Waals surface area contributed by atoms with Crippen LogP contribution in [0.5, 0.6) is 0 Å². The molecule has 18 heavy (non-hydrogen) atoms. The monoisotopic (exact) mass is 252 g/mol. The Labute approximate surface area is 107 Å². The number of carbonyl (C=O) groups excluding carboxylic acids is 1. The fourth-order valence-corrected chi connectivity index (χ4v) is 1.74. The highest BCUT2D eigenvalue weighted by Gasteiger charge is 2.21. The molecule has 0 spiro atoms. The molecular weight excluding hydrogens is 232 g/mol. The van der Waals surface area contributed by atoms with Gasteiger partial charge >= 0.3 is 5.97 Å². The second-order valence-electron chi connectivity index (χ2n) is 4.43. The lowest BCUT2D eigenvalue weighted by molar-refractivity contribution is -0.139. The van der Waals surface area contributed by atoms with Gasteiger partial charge in [-0.05, 0) is 25.5 Å². The van der Waals surface area contributed by atoms with Gasteiger partial charge in [-0.3, -0.25) is 4.79 Å². The molecule has 0 aliphatic carbocycles. The van der Waals surface area contributed by atoms with Crippen molar-refractivity contribution in [3.05, 3.63) is 23.5 Å². The van der Waals surface area contributed by atoms with Crippen LogP contribution in [-0.4, -0.2) is 27.6 Å². The van der Waals surface area contributed by atoms with Crippen molar-refractivity contribution in [2.45, 2.75) is 39.2 Å². The van der Waals surface area contributed by atoms with Gasteiger partial charge in [-0.15, -0.1) is 0 Å². The Morgan fingerprint density at radius 2 is 2.11 bits per heavy atom. The average molecular weight is 252 g/mol. The van der Waals surface area contributed by atoms with E-state index in [9.17, 15) is 9.59 Å². The summed E-state index contributed by atoms with van der Waals surface area (Å²) in [5.74, 6) is -1.32. The van der Waals surface area contributed by atoms with Crippen LogP contribution in [0.25, 0.3) is 0 Å². The van der Waals surface area contributed by atoms with E-state index >= 15 is 0 Å². The summed E-state index contributed by atoms with van der Waals surface area (Å²) in [6, 6.07) is 2.72. The van der Waals surface area contributed by atoms with Gasteiger partial charge in [0, 0.05) is 12.7 Å². The molecule has 0 aliphatic heterocycles. The number of rotatable bonds is 6. The molecule has 100 valence electrons. The fourth-order valence-electron chi connectivity index (χ4n) is 1.74. The van der Waals surface area contributed by atoms with Crippen molar-refractivity contribution in [3.63, 3.8) is 0 Å². The number of carbonyl (C=O) groups is 2. The number of hydrogen-bond acceptors (Lipinski definition) is 2. The predicted octanol–water partition coefficient (Wildman–Crippen LogP) is 1.71. The first-order valence-corrected chi connectivity index (χ1v) is 6.13. The normalized spacial score (nSPS) is 12.2. The molecule has 0 aromatic carbocycles. The molecule has 0 saturated carbocycles. The van der Waals surface area contributed by atoms with Crippen LogP contribution in [0.1, 0.15) is 42.4 Å². The van der Waals surface area contributed by atoms with E-state index in [0.29, 0.717) is 12.1 Å². The zero-order valence-electron chi connectivity index (χ0n) is 11.1. The summed E-state index contributed by atoms with van der Waals surface area (Å²) in [6.45, 7) is 3.88. The topological polar surface area (TPSA) is 71.3 Å². The van der Waals surface area contributed by atoms with E-state index in [4.69, 9.17) is 5.11 Å². The standard InChI is InChI=1S/C13H20N2O3/c1-4-5-6-10(13(17)18)14-12(16)11-8-7-9(2)15(11)3/h7-8,10H,4-6H2,1-3H3,(H,14,16)(H,17,18)/t10-/m0/s1. The van der Waals surface area contributed by atoms with Crippen LogP contribution in [0, 0.1) is 6.92 Å². The minimum Gasteiger partial charge on any atom is -0.480 e. The molecule has 0 unspecified atom stereocenters. The van der Waals surface area contributed by atoms with Crippen molar-refractivity contribution in [3.8, 4) is 0 Å². The maximum Gasteiger partial charge on any atom is 0.326 e. The van der Waals surface area contributed by atoms with Crippen molar-refractivity contribution in [2.24, 2.45) is 7.05 Å². The van der Waals surface area contributed by atoms with Gasteiger partial charge in [0.1, 0.15) is 11.7 Å². The van der Waals surface area contributed by atoms with E-state index in [-0.39, 0.29) is 5.91 Å². The van der Waals surface area contributed by atoms with E-state index in [1.165, 1.54) is 0 Å². The third-order valence-corrected chi connectivity index (χ3v) is 3.06. The van der Waals surface area contributed by atoms with E-state index in [1.807, 2.05) is 19.9 Å². The zero-order chi connectivity index (χ0) is 13.7. The number of hydrogen-bond donors (Lipinski definition) is 2. The number of aliphatic carboxylic acids is 1. The molecule has 2 N–H and O–H groups in total. The second-order valence-corrected chi connectivity index (χ2v) is 4.43. The molecule has 1 amide bonds. The Morgan fingerprint density at radius 3 is 2.56 bits per heavy atom. The van der Waals surface area contributed by atoms with Gasteiger partial charge in [0.05, 0.1) is 0 Å². The average Bonchev–Trinajstić information content (AvgIpc) is 2.65. The molecule has 0 aliphatic rings. The van der Waals surface area contributed by atoms with Crippen LogP contribution < -0.4 is 5.32 Å². The largest absolute Gasteiger partial charge is 0.480 e. The minimum atomic E-state index is -0.984. The summed E-state index contributed by atoms with van der Waals surface area (Å²) in [6.07, 6.45) is 2.15. The van der Waals surface area contributed by atoms with Crippen molar-refractivity contribution in [2.75, 3.05) is 0 Å². The maximum atomic E-state index is 12.0. The Kier molecular flexibility index (Phi) is 4.95. The Hall–Kier alpha value is -1.78. The summed E-state index contributed by atoms with van der Waals surface area (Å²) in [5, 5.41) is 11.6. The maximum absolute atomic E-state index is 12.0. The first-order chi connectivity index (χ1) is 8.47. The number of carboxylic acids is 1. The van der Waals surface area contributed by atoms with Gasteiger partial charge in [0.2, 0.25) is 0 Å². The lowest BCUT2D eigenvalue weighted by Gasteiger charge is -2.14. The van der Waals surface area contributed by atoms with Gasteiger partial charge < -0.3 is 15.0 Å². The highest BCUT2D eigenvalue weighted by molar-refractivity contribution is 5.95. The minimum absolute atomic E-state index is 0.339. The fraction of sp³-hybridized carbons (Fsp3) is 0.538. The van der Waals surface area contributed by atoms with Gasteiger partial charge in [-0.1, -0.05) is 19.8 Å². The first-order valence-electron chi connectivity index (χ1n) is 6.13. The van der Waals surface area contributed by atoms with E-state index in [2.05, 4.69) is 5.32 Å². The molecule has 0 saturated heterocycles. The Balaban J connectivity index is 2.72. The third-order valence-electron chi connectivity index (χ3n) is 3.06. The van der Waals surface area contributed by atoms with E-state index in [1.54, 1.807) is 17.7 Å². The van der Waals surface area contributed by atoms with Crippen molar-refractivity contribution in [1.29, 1.82) is 0 Å². The van der Waals surface area contributed by atoms with Gasteiger partial charge in [0.15, 0.2) is 0 Å². The number of nitrogens with zero attached hydrogens (tertiary/aromatic N) is 1. The summed E-state index contributed by atoms with van der Waals surface area (Å²) in [4.78, 5) is 23.0. The smallest absolute Gasteiger partial charge is 0.326 e. The van der Waals surface area contributed by atoms with Gasteiger partial charge in [-0.2, -0.15) is 0 Å². The third kappa shape index (κ3) is 3.35. The molecule has 0 radical (unpaired) electrons. The number of unbranched alkanes of at least 4 members (excludes halogenated alkanes) is 1. The van der Waals surface area contributed by atoms with E-state index in [0.717, 1.165) is 18.5 Å². The number of nitrogens with one attached hydrogen (secondary N) is 1. The molecule has 0 bridgehead atoms. The summed E-state index contributed by atoms with van der Waals surface area (Å²) < 4.78 is 1.74. The molecule has 5 nitrogen and oxygen atoms in total. The molecule has 1 atom stereocenters. The summed E-state index contributed by atoms with van der Waals surface area (Å²) in [7, 11) is 1.78. The van der Waals surface area contributed by atoms with Crippen LogP contribution >= 0.6 is 0 Å². The summed E-state index contributed by atoms with van der Waals surface area (Å²) >= 11 is 0. The van der Waals surface area contributed by atoms with Crippen molar-refractivity contribution >= 4 is 11.9 Å². The van der Waals surface area contributed by atoms with E-state index < -0.39 is 12.0 Å². The van der Waals surface area contributed by atoms with Crippen LogP contribution in [0.4, 0.5) is 0 Å². The van der Waals surface area contributed by atoms with Gasteiger partial charge in [-0.25, -0.2) is 4.79 Å². The molecule has 1 rings (SSSR count). The zero-order valence-corrected chi connectivity index (χ0v) is 11.1. The number of carboxylic acid groups (broad SMARTS) is 1. The predicted molar refractivity (Wildman–Crippen MR) is 68.6 cm³/mol. The number of amides is 1. The highest BCUT2D eigenvalue weighted by atomic mass is 16.4. The molecular formula is C13H20N2O3. The Bertz CT molecular complexity index is 437. The molecule has 5 heteroatoms. The second kappa shape index (κ2) is 6.23. The van der Waals surface area contributed by atoms with Crippen LogP contribution in [-0.2, 0) is 11.8 Å². The molecule has 1 aromatic rings.